The van der Waals surface area contributed by atoms with Gasteiger partial charge in [0.2, 0.25) is 0 Å². The molecule has 0 amide bonds. The Labute approximate surface area is 120 Å². The average Bonchev–Trinajstić information content (AvgIpc) is 2.83. The third-order valence-electron chi connectivity index (χ3n) is 4.32. The van der Waals surface area contributed by atoms with Crippen LogP contribution in [0.3, 0.4) is 0 Å². The van der Waals surface area contributed by atoms with Gasteiger partial charge in [-0.05, 0) is 31.2 Å². The van der Waals surface area contributed by atoms with Crippen LogP contribution in [-0.4, -0.2) is 19.5 Å². The van der Waals surface area contributed by atoms with Crippen LogP contribution in [-0.2, 0) is 20.0 Å². The minimum atomic E-state index is -0.329. The molecule has 0 bridgehead atoms. The molecule has 20 heavy (non-hydrogen) atoms. The monoisotopic (exact) mass is 273 g/mol. The lowest BCUT2D eigenvalue weighted by Crippen LogP contribution is -2.26. The quantitative estimate of drug-likeness (QED) is 0.914. The summed E-state index contributed by atoms with van der Waals surface area (Å²) in [7, 11) is 1.95. The molecule has 0 radical (unpaired) electrons. The van der Waals surface area contributed by atoms with E-state index in [1.54, 1.807) is 0 Å². The Morgan fingerprint density at radius 3 is 2.85 bits per heavy atom. The summed E-state index contributed by atoms with van der Waals surface area (Å²) in [5, 5.41) is 14.7. The van der Waals surface area contributed by atoms with Crippen LogP contribution < -0.4 is 0 Å². The first kappa shape index (κ1) is 13.4. The fourth-order valence-corrected chi connectivity index (χ4v) is 3.32. The van der Waals surface area contributed by atoms with E-state index in [1.807, 2.05) is 18.7 Å². The smallest absolute Gasteiger partial charge is 0.0812 e. The number of hydrogen-bond acceptors (Lipinski definition) is 2. The highest BCUT2D eigenvalue weighted by Crippen LogP contribution is 2.41. The number of nitrogens with zero attached hydrogens (tertiary/aromatic N) is 3. The van der Waals surface area contributed by atoms with Crippen LogP contribution in [0.2, 0.25) is 0 Å². The van der Waals surface area contributed by atoms with E-state index in [0.717, 1.165) is 30.6 Å². The first-order valence-electron chi connectivity index (χ1n) is 7.21. The van der Waals surface area contributed by atoms with E-state index >= 15 is 0 Å². The summed E-state index contributed by atoms with van der Waals surface area (Å²) >= 11 is 0. The van der Waals surface area contributed by atoms with Gasteiger partial charge in [-0.25, -0.2) is 0 Å². The summed E-state index contributed by atoms with van der Waals surface area (Å²) in [5.74, 6) is 0. The third kappa shape index (κ3) is 2.29. The molecule has 3 rings (SSSR count). The van der Waals surface area contributed by atoms with Crippen molar-refractivity contribution in [2.45, 2.75) is 46.3 Å². The van der Waals surface area contributed by atoms with Gasteiger partial charge in [0, 0.05) is 36.3 Å². The maximum Gasteiger partial charge on any atom is 0.0812 e. The van der Waals surface area contributed by atoms with E-state index in [0.29, 0.717) is 0 Å². The maximum atomic E-state index is 10.3. The Hall–Kier alpha value is -1.55. The zero-order valence-corrected chi connectivity index (χ0v) is 12.7. The second-order valence-electron chi connectivity index (χ2n) is 6.82. The number of aliphatic hydroxyl groups excluding tert-OH is 1. The summed E-state index contributed by atoms with van der Waals surface area (Å²) in [5.41, 5.74) is 4.85. The lowest BCUT2D eigenvalue weighted by atomic mass is 9.75. The van der Waals surface area contributed by atoms with Gasteiger partial charge in [0.05, 0.1) is 18.3 Å². The lowest BCUT2D eigenvalue weighted by molar-refractivity contribution is 0.0981. The zero-order chi connectivity index (χ0) is 14.5. The largest absolute Gasteiger partial charge is 0.388 e. The highest BCUT2D eigenvalue weighted by atomic mass is 16.3. The molecule has 0 fully saturated rings. The van der Waals surface area contributed by atoms with Gasteiger partial charge in [0.1, 0.15) is 0 Å². The van der Waals surface area contributed by atoms with E-state index < -0.39 is 0 Å². The second-order valence-corrected chi connectivity index (χ2v) is 6.82. The minimum absolute atomic E-state index is 0.159. The predicted octanol–water partition coefficient (Wildman–Crippen LogP) is 2.58. The van der Waals surface area contributed by atoms with Gasteiger partial charge in [-0.3, -0.25) is 4.68 Å². The summed E-state index contributed by atoms with van der Waals surface area (Å²) in [6.07, 6.45) is 5.71. The molecule has 0 aromatic carbocycles. The number of aryl methyl sites for hydroxylation is 2. The zero-order valence-electron chi connectivity index (χ0n) is 12.7. The van der Waals surface area contributed by atoms with Crippen LogP contribution in [0.5, 0.6) is 0 Å². The summed E-state index contributed by atoms with van der Waals surface area (Å²) in [6.45, 7) is 7.33. The molecule has 2 aromatic rings. The van der Waals surface area contributed by atoms with Crippen molar-refractivity contribution >= 4 is 0 Å². The van der Waals surface area contributed by atoms with Crippen molar-refractivity contribution in [3.63, 3.8) is 0 Å². The van der Waals surface area contributed by atoms with Crippen molar-refractivity contribution in [3.8, 4) is 0 Å². The van der Waals surface area contributed by atoms with Crippen molar-refractivity contribution in [1.29, 1.82) is 0 Å². The molecule has 108 valence electrons. The standard InChI is InChI=1S/C16H23N3O/c1-11-12(9-18(4)17-11)10-19-6-5-13-14(19)7-16(2,3)8-15(13)20/h5-6,9,15,20H,7-8,10H2,1-4H3. The fraction of sp³-hybridized carbons (Fsp3) is 0.562. The van der Waals surface area contributed by atoms with Crippen molar-refractivity contribution in [1.82, 2.24) is 14.3 Å². The fourth-order valence-electron chi connectivity index (χ4n) is 3.32. The van der Waals surface area contributed by atoms with Crippen LogP contribution in [0.1, 0.15) is 48.9 Å². The van der Waals surface area contributed by atoms with Gasteiger partial charge < -0.3 is 9.67 Å². The molecule has 0 saturated heterocycles. The van der Waals surface area contributed by atoms with Crippen molar-refractivity contribution in [3.05, 3.63) is 41.0 Å². The summed E-state index contributed by atoms with van der Waals surface area (Å²) < 4.78 is 4.13. The third-order valence-corrected chi connectivity index (χ3v) is 4.32. The molecule has 1 aliphatic rings. The van der Waals surface area contributed by atoms with Crippen LogP contribution in [0.25, 0.3) is 0 Å². The SMILES string of the molecule is Cc1nn(C)cc1Cn1ccc2c1CC(C)(C)CC2O. The number of hydrogen-bond donors (Lipinski definition) is 1. The van der Waals surface area contributed by atoms with Gasteiger partial charge in [-0.2, -0.15) is 5.10 Å². The highest BCUT2D eigenvalue weighted by Gasteiger charge is 2.33. The van der Waals surface area contributed by atoms with E-state index in [4.69, 9.17) is 0 Å². The van der Waals surface area contributed by atoms with E-state index in [-0.39, 0.29) is 11.5 Å². The first-order chi connectivity index (χ1) is 9.35. The molecule has 2 heterocycles. The molecule has 0 spiro atoms. The Balaban J connectivity index is 1.95. The molecular weight excluding hydrogens is 250 g/mol. The topological polar surface area (TPSA) is 43.0 Å². The Morgan fingerprint density at radius 2 is 2.20 bits per heavy atom. The van der Waals surface area contributed by atoms with Crippen LogP contribution in [0, 0.1) is 12.3 Å². The molecule has 0 saturated carbocycles. The lowest BCUT2D eigenvalue weighted by Gasteiger charge is -2.34. The van der Waals surface area contributed by atoms with Gasteiger partial charge in [0.15, 0.2) is 0 Å². The molecule has 4 nitrogen and oxygen atoms in total. The molecule has 1 atom stereocenters. The van der Waals surface area contributed by atoms with Crippen molar-refractivity contribution in [2.75, 3.05) is 0 Å². The average molecular weight is 273 g/mol. The highest BCUT2D eigenvalue weighted by molar-refractivity contribution is 5.30. The Kier molecular flexibility index (Phi) is 3.01. The minimum Gasteiger partial charge on any atom is -0.388 e. The normalized spacial score (nSPS) is 20.9. The molecule has 4 heteroatoms. The summed E-state index contributed by atoms with van der Waals surface area (Å²) in [4.78, 5) is 0. The van der Waals surface area contributed by atoms with E-state index in [1.165, 1.54) is 11.3 Å². The Morgan fingerprint density at radius 1 is 1.45 bits per heavy atom. The first-order valence-corrected chi connectivity index (χ1v) is 7.21. The van der Waals surface area contributed by atoms with Crippen LogP contribution in [0.15, 0.2) is 18.5 Å². The molecule has 1 aliphatic carbocycles. The van der Waals surface area contributed by atoms with Gasteiger partial charge in [-0.1, -0.05) is 13.8 Å². The number of rotatable bonds is 2. The van der Waals surface area contributed by atoms with Crippen molar-refractivity contribution < 1.29 is 5.11 Å². The number of fused-ring (bicyclic) bond motifs is 1. The van der Waals surface area contributed by atoms with Crippen LogP contribution in [0.4, 0.5) is 0 Å². The maximum absolute atomic E-state index is 10.3. The predicted molar refractivity (Wildman–Crippen MR) is 78.5 cm³/mol. The Bertz CT molecular complexity index is 636. The number of aromatic nitrogens is 3. The van der Waals surface area contributed by atoms with Gasteiger partial charge >= 0.3 is 0 Å². The molecule has 2 aromatic heterocycles. The number of aliphatic hydroxyl groups is 1. The second kappa shape index (κ2) is 4.48. The van der Waals surface area contributed by atoms with Crippen LogP contribution >= 0.6 is 0 Å². The molecule has 1 unspecified atom stereocenters. The summed E-state index contributed by atoms with van der Waals surface area (Å²) in [6, 6.07) is 2.07. The van der Waals surface area contributed by atoms with E-state index in [2.05, 4.69) is 42.0 Å². The van der Waals surface area contributed by atoms with Crippen molar-refractivity contribution in [2.24, 2.45) is 12.5 Å². The molecule has 1 N–H and O–H groups in total. The van der Waals surface area contributed by atoms with Gasteiger partial charge in [-0.15, -0.1) is 0 Å². The molecule has 0 aliphatic heterocycles. The molecular formula is C16H23N3O. The van der Waals surface area contributed by atoms with E-state index in [9.17, 15) is 5.11 Å². The van der Waals surface area contributed by atoms with Gasteiger partial charge in [0.25, 0.3) is 0 Å².